The van der Waals surface area contributed by atoms with E-state index in [9.17, 15) is 30.7 Å². The summed E-state index contributed by atoms with van der Waals surface area (Å²) in [7, 11) is -8.30. The van der Waals surface area contributed by atoms with Crippen LogP contribution in [-0.4, -0.2) is 66.6 Å². The van der Waals surface area contributed by atoms with E-state index in [1.807, 2.05) is 24.3 Å². The summed E-state index contributed by atoms with van der Waals surface area (Å²) in [5, 5.41) is 4.55. The van der Waals surface area contributed by atoms with E-state index in [-0.39, 0.29) is 36.0 Å². The number of fused-ring (bicyclic) bond motifs is 6. The van der Waals surface area contributed by atoms with Crippen LogP contribution in [0.25, 0.3) is 27.1 Å². The molecule has 0 atom stereocenters. The molecule has 2 N–H and O–H groups in total. The smallest absolute Gasteiger partial charge is 0.265 e. The second-order valence-corrected chi connectivity index (χ2v) is 22.6. The summed E-state index contributed by atoms with van der Waals surface area (Å²) >= 11 is 0. The number of nitrogens with zero attached hydrogens (tertiary/aromatic N) is 2. The number of benzene rings is 5. The minimum atomic E-state index is -4.15. The molecule has 342 valence electrons. The average Bonchev–Trinajstić information content (AvgIpc) is 3.61. The molecule has 0 aromatic heterocycles. The van der Waals surface area contributed by atoms with Gasteiger partial charge in [-0.1, -0.05) is 111 Å². The van der Waals surface area contributed by atoms with Crippen molar-refractivity contribution in [1.82, 2.24) is 0 Å². The SMILES string of the molecule is CC1(C)C(/C=C/C2=C(c3ccc(C(=O)C4CCC4)cc3)C(=C/C=C3/N(CCCS(=O)(=O)O)c4ccc5ccccc5c4C3(C)C)/CCC2)=[N+](CCCS(=O)(=O)O)c2ccc3ccccc3c21. The van der Waals surface area contributed by atoms with Crippen molar-refractivity contribution in [3.05, 3.63) is 160 Å². The zero-order valence-electron chi connectivity index (χ0n) is 38.3. The predicted octanol–water partition coefficient (Wildman–Crippen LogP) is 11.7. The highest BCUT2D eigenvalue weighted by molar-refractivity contribution is 7.86. The summed E-state index contributed by atoms with van der Waals surface area (Å²) in [5.74, 6) is -0.372. The molecule has 2 heterocycles. The number of rotatable bonds is 14. The Morgan fingerprint density at radius 3 is 2.00 bits per heavy atom. The highest BCUT2D eigenvalue weighted by atomic mass is 32.2. The van der Waals surface area contributed by atoms with E-state index in [4.69, 9.17) is 0 Å². The van der Waals surface area contributed by atoms with Crippen molar-refractivity contribution in [2.45, 2.75) is 89.9 Å². The van der Waals surface area contributed by atoms with Crippen molar-refractivity contribution in [3.63, 3.8) is 0 Å². The van der Waals surface area contributed by atoms with Gasteiger partial charge >= 0.3 is 0 Å². The van der Waals surface area contributed by atoms with E-state index < -0.39 is 31.1 Å². The lowest BCUT2D eigenvalue weighted by atomic mass is 9.77. The lowest BCUT2D eigenvalue weighted by Gasteiger charge is -2.28. The molecule has 0 saturated heterocycles. The molecule has 2 aliphatic heterocycles. The van der Waals surface area contributed by atoms with Gasteiger partial charge in [-0.25, -0.2) is 0 Å². The lowest BCUT2D eigenvalue weighted by molar-refractivity contribution is -0.437. The average molecular weight is 924 g/mol. The van der Waals surface area contributed by atoms with E-state index in [2.05, 4.69) is 134 Å². The van der Waals surface area contributed by atoms with Gasteiger partial charge in [0.05, 0.1) is 16.9 Å². The number of allylic oxidation sites excluding steroid dienone is 8. The molecule has 1 saturated carbocycles. The molecule has 0 amide bonds. The molecular weight excluding hydrogens is 865 g/mol. The molecule has 2 aliphatic carbocycles. The van der Waals surface area contributed by atoms with E-state index >= 15 is 0 Å². The third kappa shape index (κ3) is 8.78. The Bertz CT molecular complexity index is 3170. The van der Waals surface area contributed by atoms with Crippen LogP contribution in [-0.2, 0) is 31.1 Å². The van der Waals surface area contributed by atoms with Crippen molar-refractivity contribution in [1.29, 1.82) is 0 Å². The summed E-state index contributed by atoms with van der Waals surface area (Å²) in [6, 6.07) is 33.3. The van der Waals surface area contributed by atoms with Crippen LogP contribution in [0, 0.1) is 5.92 Å². The standard InChI is InChI=1S/C55H58N2O7S2/c1-54(2)48(56(33-11-35-65(59,60)61)46-29-25-37-13-5-7-19-44(37)51(46)54)31-27-39-15-9-16-40(50(39)41-21-23-43(24-22-41)53(58)42-17-10-18-42)28-32-49-55(3,4)52-45-20-8-6-14-38(45)26-30-47(52)57(49)34-12-36-66(62,63)64/h5-8,13-14,19-32,42H,9-12,15-18,33-36H2,1-4H3,(H-,59,60,61,62,63,64)/p+1. The Balaban J connectivity index is 1.18. The number of anilines is 1. The van der Waals surface area contributed by atoms with Crippen molar-refractivity contribution in [2.75, 3.05) is 29.5 Å². The molecule has 0 radical (unpaired) electrons. The van der Waals surface area contributed by atoms with Crippen molar-refractivity contribution < 1.29 is 35.3 Å². The van der Waals surface area contributed by atoms with Crippen LogP contribution in [0.2, 0.25) is 0 Å². The molecule has 1 fully saturated rings. The monoisotopic (exact) mass is 923 g/mol. The maximum absolute atomic E-state index is 13.4. The molecule has 66 heavy (non-hydrogen) atoms. The number of carbonyl (C=O) groups is 1. The first-order valence-corrected chi connectivity index (χ1v) is 26.5. The minimum absolute atomic E-state index is 0.0928. The second kappa shape index (κ2) is 17.6. The summed E-state index contributed by atoms with van der Waals surface area (Å²) in [4.78, 5) is 15.6. The van der Waals surface area contributed by atoms with Crippen LogP contribution in [0.4, 0.5) is 11.4 Å². The molecule has 9 nitrogen and oxygen atoms in total. The van der Waals surface area contributed by atoms with Crippen LogP contribution in [0.1, 0.15) is 106 Å². The summed E-state index contributed by atoms with van der Waals surface area (Å²) in [5.41, 5.74) is 10.7. The highest BCUT2D eigenvalue weighted by Crippen LogP contribution is 2.51. The Morgan fingerprint density at radius 1 is 0.712 bits per heavy atom. The van der Waals surface area contributed by atoms with E-state index in [0.717, 1.165) is 111 Å². The zero-order valence-corrected chi connectivity index (χ0v) is 39.9. The van der Waals surface area contributed by atoms with E-state index in [1.165, 1.54) is 11.1 Å². The largest absolute Gasteiger partial charge is 0.344 e. The van der Waals surface area contributed by atoms with Crippen LogP contribution < -0.4 is 4.90 Å². The van der Waals surface area contributed by atoms with Gasteiger partial charge in [0.1, 0.15) is 6.54 Å². The first-order chi connectivity index (χ1) is 31.4. The molecule has 11 heteroatoms. The van der Waals surface area contributed by atoms with Gasteiger partial charge in [-0.15, -0.1) is 0 Å². The molecule has 9 rings (SSSR count). The van der Waals surface area contributed by atoms with Crippen LogP contribution in [0.3, 0.4) is 0 Å². The Morgan fingerprint density at radius 2 is 1.35 bits per heavy atom. The zero-order chi connectivity index (χ0) is 46.6. The van der Waals surface area contributed by atoms with Gasteiger partial charge in [0.25, 0.3) is 20.2 Å². The van der Waals surface area contributed by atoms with Gasteiger partial charge in [-0.2, -0.15) is 21.4 Å². The quantitative estimate of drug-likeness (QED) is 0.0639. The molecule has 0 unspecified atom stereocenters. The van der Waals surface area contributed by atoms with Crippen molar-refractivity contribution in [2.24, 2.45) is 5.92 Å². The van der Waals surface area contributed by atoms with Gasteiger partial charge < -0.3 is 4.90 Å². The van der Waals surface area contributed by atoms with Crippen LogP contribution >= 0.6 is 0 Å². The van der Waals surface area contributed by atoms with E-state index in [1.54, 1.807) is 0 Å². The number of Topliss-reactive ketones (excluding diaryl/α,β-unsaturated/α-hetero) is 1. The van der Waals surface area contributed by atoms with E-state index in [0.29, 0.717) is 13.1 Å². The van der Waals surface area contributed by atoms with Gasteiger partial charge in [-0.3, -0.25) is 13.9 Å². The summed E-state index contributed by atoms with van der Waals surface area (Å²) < 4.78 is 69.3. The molecule has 0 bridgehead atoms. The second-order valence-electron chi connectivity index (χ2n) is 19.5. The Kier molecular flexibility index (Phi) is 12.2. The maximum atomic E-state index is 13.4. The Labute approximate surface area is 389 Å². The molecule has 4 aliphatic rings. The number of ketones is 1. The lowest BCUT2D eigenvalue weighted by Crippen LogP contribution is -2.28. The normalized spacial score (nSPS) is 19.7. The number of hydrogen-bond donors (Lipinski definition) is 2. The summed E-state index contributed by atoms with van der Waals surface area (Å²) in [6.45, 7) is 9.70. The fourth-order valence-corrected chi connectivity index (χ4v) is 12.0. The van der Waals surface area contributed by atoms with Gasteiger partial charge in [0.15, 0.2) is 11.5 Å². The first-order valence-electron chi connectivity index (χ1n) is 23.3. The van der Waals surface area contributed by atoms with Crippen LogP contribution in [0.15, 0.2) is 138 Å². The van der Waals surface area contributed by atoms with Gasteiger partial charge in [-0.05, 0) is 120 Å². The molecular formula is C55H59N2O7S2+. The molecule has 0 spiro atoms. The first kappa shape index (κ1) is 45.7. The molecule has 5 aromatic rings. The number of hydrogen-bond acceptors (Lipinski definition) is 6. The van der Waals surface area contributed by atoms with Crippen molar-refractivity contribution in [3.8, 4) is 0 Å². The highest BCUT2D eigenvalue weighted by Gasteiger charge is 2.46. The Hall–Kier alpha value is -5.46. The third-order valence-electron chi connectivity index (χ3n) is 14.4. The molecule has 5 aromatic carbocycles. The number of carbonyl (C=O) groups excluding carboxylic acids is 1. The van der Waals surface area contributed by atoms with Crippen LogP contribution in [0.5, 0.6) is 0 Å². The fraction of sp³-hybridized carbons (Fsp3) is 0.345. The third-order valence-corrected chi connectivity index (χ3v) is 16.0. The topological polar surface area (TPSA) is 132 Å². The maximum Gasteiger partial charge on any atom is 0.265 e. The van der Waals surface area contributed by atoms with Gasteiger partial charge in [0, 0.05) is 59.0 Å². The summed E-state index contributed by atoms with van der Waals surface area (Å²) in [6.07, 6.45) is 14.9. The van der Waals surface area contributed by atoms with Crippen molar-refractivity contribution >= 4 is 70.2 Å². The minimum Gasteiger partial charge on any atom is -0.344 e. The fourth-order valence-electron chi connectivity index (χ4n) is 11.1. The van der Waals surface area contributed by atoms with Gasteiger partial charge in [0.2, 0.25) is 5.69 Å². The predicted molar refractivity (Wildman–Crippen MR) is 267 cm³/mol.